The number of carbonyl (C=O) groups is 1. The highest BCUT2D eigenvalue weighted by Crippen LogP contribution is 2.31. The first-order chi connectivity index (χ1) is 6.73. The Hall–Kier alpha value is -0.530. The average molecular weight is 213 g/mol. The quantitative estimate of drug-likeness (QED) is 0.707. The van der Waals surface area contributed by atoms with Crippen LogP contribution in [0.2, 0.25) is 0 Å². The molecule has 0 atom stereocenters. The zero-order chi connectivity index (χ0) is 12.1. The van der Waals surface area contributed by atoms with Gasteiger partial charge in [-0.05, 0) is 18.3 Å². The average Bonchev–Trinajstić information content (AvgIpc) is 1.96. The lowest BCUT2D eigenvalue weighted by atomic mass is 9.80. The third-order valence-corrected chi connectivity index (χ3v) is 2.64. The molecule has 90 valence electrons. The molecule has 0 aliphatic heterocycles. The lowest BCUT2D eigenvalue weighted by Gasteiger charge is -2.26. The number of hydrogen-bond donors (Lipinski definition) is 0. The Morgan fingerprint density at radius 1 is 1.33 bits per heavy atom. The van der Waals surface area contributed by atoms with Gasteiger partial charge in [0.25, 0.3) is 0 Å². The van der Waals surface area contributed by atoms with Crippen LogP contribution < -0.4 is 5.11 Å². The molecule has 0 aromatic heterocycles. The van der Waals surface area contributed by atoms with Crippen molar-refractivity contribution in [2.45, 2.75) is 60.3 Å². The maximum absolute atomic E-state index is 9.91. The van der Waals surface area contributed by atoms with Gasteiger partial charge in [-0.2, -0.15) is 0 Å². The van der Waals surface area contributed by atoms with Crippen LogP contribution in [-0.4, -0.2) is 5.97 Å². The molecule has 0 radical (unpaired) electrons. The summed E-state index contributed by atoms with van der Waals surface area (Å²) in [6.45, 7) is 9.43. The standard InChI is InChI=1S/C8H16.C5H10O2/c1-7(2)6-8-4-3-5-8;1-5(2,3)4(6)7/h7-8H,3-6H2,1-2H3;1-3H3,(H,6,7)/p-1. The van der Waals surface area contributed by atoms with Gasteiger partial charge in [-0.25, -0.2) is 0 Å². The van der Waals surface area contributed by atoms with Crippen molar-refractivity contribution >= 4 is 5.97 Å². The van der Waals surface area contributed by atoms with E-state index >= 15 is 0 Å². The highest BCUT2D eigenvalue weighted by Gasteiger charge is 2.17. The fraction of sp³-hybridized carbons (Fsp3) is 0.923. The minimum Gasteiger partial charge on any atom is -0.550 e. The SMILES string of the molecule is CC(C)(C)C(=O)[O-].CC(C)CC1CCC1. The van der Waals surface area contributed by atoms with E-state index < -0.39 is 11.4 Å². The molecular formula is C13H25O2-. The zero-order valence-electron chi connectivity index (χ0n) is 10.8. The normalized spacial score (nSPS) is 16.7. The molecule has 1 aliphatic carbocycles. The fourth-order valence-corrected chi connectivity index (χ4v) is 1.40. The second kappa shape index (κ2) is 6.14. The van der Waals surface area contributed by atoms with Crippen LogP contribution in [0.15, 0.2) is 0 Å². The van der Waals surface area contributed by atoms with Gasteiger partial charge in [0.05, 0.1) is 0 Å². The van der Waals surface area contributed by atoms with Crippen LogP contribution in [0.25, 0.3) is 0 Å². The predicted octanol–water partition coefficient (Wildman–Crippen LogP) is 2.62. The number of carboxylic acid groups (broad SMARTS) is 1. The minimum atomic E-state index is -1.01. The largest absolute Gasteiger partial charge is 0.550 e. The van der Waals surface area contributed by atoms with E-state index in [4.69, 9.17) is 0 Å². The predicted molar refractivity (Wildman–Crippen MR) is 61.3 cm³/mol. The van der Waals surface area contributed by atoms with Crippen molar-refractivity contribution in [2.24, 2.45) is 17.3 Å². The Morgan fingerprint density at radius 3 is 1.80 bits per heavy atom. The van der Waals surface area contributed by atoms with E-state index in [-0.39, 0.29) is 0 Å². The van der Waals surface area contributed by atoms with Gasteiger partial charge in [-0.15, -0.1) is 0 Å². The molecular weight excluding hydrogens is 188 g/mol. The Morgan fingerprint density at radius 2 is 1.73 bits per heavy atom. The van der Waals surface area contributed by atoms with Crippen LogP contribution in [-0.2, 0) is 4.79 Å². The van der Waals surface area contributed by atoms with Crippen molar-refractivity contribution in [1.82, 2.24) is 0 Å². The zero-order valence-corrected chi connectivity index (χ0v) is 10.8. The summed E-state index contributed by atoms with van der Waals surface area (Å²) in [5.74, 6) is 1.03. The maximum Gasteiger partial charge on any atom is 0.0467 e. The van der Waals surface area contributed by atoms with Crippen molar-refractivity contribution in [1.29, 1.82) is 0 Å². The molecule has 0 bridgehead atoms. The summed E-state index contributed by atoms with van der Waals surface area (Å²) in [4.78, 5) is 9.91. The summed E-state index contributed by atoms with van der Waals surface area (Å²) < 4.78 is 0. The lowest BCUT2D eigenvalue weighted by molar-refractivity contribution is -0.316. The van der Waals surface area contributed by atoms with E-state index in [9.17, 15) is 9.90 Å². The molecule has 1 aliphatic rings. The summed E-state index contributed by atoms with van der Waals surface area (Å²) in [5.41, 5.74) is -0.694. The van der Waals surface area contributed by atoms with E-state index in [1.807, 2.05) is 0 Å². The molecule has 2 heteroatoms. The third-order valence-electron chi connectivity index (χ3n) is 2.64. The Kier molecular flexibility index (Phi) is 5.92. The van der Waals surface area contributed by atoms with Gasteiger partial charge in [0, 0.05) is 11.4 Å². The smallest absolute Gasteiger partial charge is 0.0467 e. The van der Waals surface area contributed by atoms with E-state index in [1.54, 1.807) is 20.8 Å². The summed E-state index contributed by atoms with van der Waals surface area (Å²) in [6.07, 6.45) is 5.99. The summed E-state index contributed by atoms with van der Waals surface area (Å²) >= 11 is 0. The lowest BCUT2D eigenvalue weighted by Crippen LogP contribution is -2.35. The van der Waals surface area contributed by atoms with Gasteiger partial charge in [0.2, 0.25) is 0 Å². The molecule has 2 nitrogen and oxygen atoms in total. The molecule has 0 aromatic rings. The first-order valence-corrected chi connectivity index (χ1v) is 5.95. The van der Waals surface area contributed by atoms with Crippen molar-refractivity contribution in [3.8, 4) is 0 Å². The van der Waals surface area contributed by atoms with Crippen molar-refractivity contribution < 1.29 is 9.90 Å². The highest BCUT2D eigenvalue weighted by atomic mass is 16.4. The van der Waals surface area contributed by atoms with Crippen LogP contribution in [0, 0.1) is 17.3 Å². The molecule has 1 saturated carbocycles. The van der Waals surface area contributed by atoms with Crippen molar-refractivity contribution in [2.75, 3.05) is 0 Å². The number of aliphatic carboxylic acids is 1. The molecule has 0 aromatic carbocycles. The molecule has 0 heterocycles. The second-order valence-electron chi connectivity index (χ2n) is 5.96. The number of carboxylic acids is 1. The van der Waals surface area contributed by atoms with Gasteiger partial charge in [-0.1, -0.05) is 53.9 Å². The first-order valence-electron chi connectivity index (χ1n) is 5.95. The second-order valence-corrected chi connectivity index (χ2v) is 5.96. The summed E-state index contributed by atoms with van der Waals surface area (Å²) in [7, 11) is 0. The van der Waals surface area contributed by atoms with Crippen LogP contribution in [0.5, 0.6) is 0 Å². The van der Waals surface area contributed by atoms with Gasteiger partial charge < -0.3 is 9.90 Å². The van der Waals surface area contributed by atoms with Crippen LogP contribution >= 0.6 is 0 Å². The van der Waals surface area contributed by atoms with Gasteiger partial charge in [0.15, 0.2) is 0 Å². The Labute approximate surface area is 94.1 Å². The molecule has 1 fully saturated rings. The maximum atomic E-state index is 9.91. The molecule has 0 unspecified atom stereocenters. The Bertz CT molecular complexity index is 185. The van der Waals surface area contributed by atoms with E-state index in [0.717, 1.165) is 11.8 Å². The molecule has 15 heavy (non-hydrogen) atoms. The highest BCUT2D eigenvalue weighted by molar-refractivity contribution is 5.70. The molecule has 1 rings (SSSR count). The number of carbonyl (C=O) groups excluding carboxylic acids is 1. The molecule has 0 saturated heterocycles. The van der Waals surface area contributed by atoms with E-state index in [0.29, 0.717) is 0 Å². The van der Waals surface area contributed by atoms with Crippen LogP contribution in [0.1, 0.15) is 60.3 Å². The van der Waals surface area contributed by atoms with Gasteiger partial charge in [0.1, 0.15) is 0 Å². The Balaban J connectivity index is 0.000000265. The molecule has 0 amide bonds. The van der Waals surface area contributed by atoms with Gasteiger partial charge >= 0.3 is 0 Å². The van der Waals surface area contributed by atoms with Gasteiger partial charge in [-0.3, -0.25) is 0 Å². The fourth-order valence-electron chi connectivity index (χ4n) is 1.40. The summed E-state index contributed by atoms with van der Waals surface area (Å²) in [5, 5.41) is 9.91. The van der Waals surface area contributed by atoms with Crippen molar-refractivity contribution in [3.05, 3.63) is 0 Å². The van der Waals surface area contributed by atoms with Crippen LogP contribution in [0.3, 0.4) is 0 Å². The first kappa shape index (κ1) is 14.5. The van der Waals surface area contributed by atoms with E-state index in [2.05, 4.69) is 13.8 Å². The minimum absolute atomic E-state index is 0.694. The number of rotatable bonds is 2. The third kappa shape index (κ3) is 7.40. The van der Waals surface area contributed by atoms with Crippen molar-refractivity contribution in [3.63, 3.8) is 0 Å². The van der Waals surface area contributed by atoms with E-state index in [1.165, 1.54) is 25.7 Å². The topological polar surface area (TPSA) is 40.1 Å². The number of hydrogen-bond acceptors (Lipinski definition) is 2. The molecule has 0 spiro atoms. The molecule has 0 N–H and O–H groups in total. The summed E-state index contributed by atoms with van der Waals surface area (Å²) in [6, 6.07) is 0. The monoisotopic (exact) mass is 213 g/mol. The van der Waals surface area contributed by atoms with Crippen LogP contribution in [0.4, 0.5) is 0 Å².